The largest absolute Gasteiger partial charge is 0.458 e. The molecule has 1 aliphatic heterocycles. The molecule has 2 nitrogen and oxygen atoms in total. The Kier molecular flexibility index (Phi) is 1.51. The van der Waals surface area contributed by atoms with Gasteiger partial charge in [-0.1, -0.05) is 12.1 Å². The Hall–Kier alpha value is -0.800. The van der Waals surface area contributed by atoms with Crippen LogP contribution in [0, 0.1) is 0 Å². The Morgan fingerprint density at radius 2 is 2.23 bits per heavy atom. The molecule has 3 heteroatoms. The summed E-state index contributed by atoms with van der Waals surface area (Å²) in [6.45, 7) is 1.79. The summed E-state index contributed by atoms with van der Waals surface area (Å²) in [6, 6.07) is 6.16. The van der Waals surface area contributed by atoms with E-state index in [0.717, 1.165) is 28.9 Å². The normalized spacial score (nSPS) is 15.2. The molecule has 2 aromatic rings. The van der Waals surface area contributed by atoms with Crippen molar-refractivity contribution in [3.8, 4) is 0 Å². The van der Waals surface area contributed by atoms with Crippen molar-refractivity contribution in [2.45, 2.75) is 13.1 Å². The molecule has 1 aromatic carbocycles. The van der Waals surface area contributed by atoms with Crippen molar-refractivity contribution in [2.24, 2.45) is 0 Å². The molecule has 0 saturated heterocycles. The third-order valence-electron chi connectivity index (χ3n) is 2.44. The quantitative estimate of drug-likeness (QED) is 0.763. The molecule has 1 N–H and O–H groups in total. The number of hydrogen-bond acceptors (Lipinski definition) is 2. The van der Waals surface area contributed by atoms with Gasteiger partial charge in [-0.05, 0) is 22.0 Å². The summed E-state index contributed by atoms with van der Waals surface area (Å²) in [5.41, 5.74) is 2.30. The average molecular weight is 238 g/mol. The van der Waals surface area contributed by atoms with Crippen LogP contribution in [-0.4, -0.2) is 0 Å². The lowest BCUT2D eigenvalue weighted by molar-refractivity contribution is 0.542. The van der Waals surface area contributed by atoms with Gasteiger partial charge in [0.25, 0.3) is 0 Å². The molecular weight excluding hydrogens is 230 g/mol. The highest BCUT2D eigenvalue weighted by atomic mass is 79.9. The lowest BCUT2D eigenvalue weighted by atomic mass is 10.1. The molecule has 0 spiro atoms. The van der Waals surface area contributed by atoms with Crippen LogP contribution in [0.4, 0.5) is 0 Å². The van der Waals surface area contributed by atoms with Crippen LogP contribution < -0.4 is 5.32 Å². The summed E-state index contributed by atoms with van der Waals surface area (Å²) < 4.78 is 6.77. The Bertz CT molecular complexity index is 475. The van der Waals surface area contributed by atoms with Crippen molar-refractivity contribution >= 4 is 26.9 Å². The zero-order valence-corrected chi connectivity index (χ0v) is 8.52. The van der Waals surface area contributed by atoms with Gasteiger partial charge in [-0.25, -0.2) is 0 Å². The maximum absolute atomic E-state index is 5.73. The van der Waals surface area contributed by atoms with Crippen LogP contribution in [0.1, 0.15) is 11.3 Å². The van der Waals surface area contributed by atoms with E-state index >= 15 is 0 Å². The van der Waals surface area contributed by atoms with Crippen molar-refractivity contribution in [2.75, 3.05) is 0 Å². The number of fused-ring (bicyclic) bond motifs is 3. The highest BCUT2D eigenvalue weighted by Gasteiger charge is 2.19. The molecule has 3 rings (SSSR count). The highest BCUT2D eigenvalue weighted by Crippen LogP contribution is 2.33. The zero-order chi connectivity index (χ0) is 8.84. The van der Waals surface area contributed by atoms with Gasteiger partial charge in [0.2, 0.25) is 0 Å². The van der Waals surface area contributed by atoms with Gasteiger partial charge >= 0.3 is 0 Å². The predicted molar refractivity (Wildman–Crippen MR) is 54.5 cm³/mol. The van der Waals surface area contributed by atoms with E-state index in [1.165, 1.54) is 10.9 Å². The summed E-state index contributed by atoms with van der Waals surface area (Å²) in [5, 5.41) is 4.50. The first-order valence-electron chi connectivity index (χ1n) is 4.26. The minimum Gasteiger partial charge on any atom is -0.458 e. The lowest BCUT2D eigenvalue weighted by Gasteiger charge is -1.94. The van der Waals surface area contributed by atoms with Crippen molar-refractivity contribution in [1.82, 2.24) is 5.32 Å². The molecule has 0 unspecified atom stereocenters. The molecule has 0 saturated carbocycles. The number of para-hydroxylation sites is 1. The molecule has 1 aromatic heterocycles. The van der Waals surface area contributed by atoms with Crippen molar-refractivity contribution in [1.29, 1.82) is 0 Å². The molecule has 0 aliphatic carbocycles. The lowest BCUT2D eigenvalue weighted by Crippen LogP contribution is -2.00. The first-order chi connectivity index (χ1) is 6.36. The fourth-order valence-corrected chi connectivity index (χ4v) is 2.27. The van der Waals surface area contributed by atoms with E-state index in [0.29, 0.717) is 0 Å². The van der Waals surface area contributed by atoms with E-state index < -0.39 is 0 Å². The standard InChI is InChI=1S/C10H8BrNO/c11-8-3-1-2-6-7-4-12-5-9(7)13-10(6)8/h1-3,12H,4-5H2. The minimum atomic E-state index is 0.858. The van der Waals surface area contributed by atoms with Crippen molar-refractivity contribution in [3.05, 3.63) is 34.0 Å². The summed E-state index contributed by atoms with van der Waals surface area (Å²) >= 11 is 3.48. The summed E-state index contributed by atoms with van der Waals surface area (Å²) in [5.74, 6) is 1.09. The van der Waals surface area contributed by atoms with E-state index in [9.17, 15) is 0 Å². The first kappa shape index (κ1) is 7.59. The number of furan rings is 1. The van der Waals surface area contributed by atoms with E-state index in [4.69, 9.17) is 4.42 Å². The minimum absolute atomic E-state index is 0.858. The second-order valence-electron chi connectivity index (χ2n) is 3.22. The number of nitrogens with one attached hydrogen (secondary N) is 1. The maximum Gasteiger partial charge on any atom is 0.148 e. The van der Waals surface area contributed by atoms with Gasteiger partial charge in [0, 0.05) is 17.5 Å². The Morgan fingerprint density at radius 3 is 3.15 bits per heavy atom. The zero-order valence-electron chi connectivity index (χ0n) is 6.93. The molecule has 0 fully saturated rings. The molecule has 2 heterocycles. The second-order valence-corrected chi connectivity index (χ2v) is 4.08. The van der Waals surface area contributed by atoms with Gasteiger partial charge in [-0.15, -0.1) is 0 Å². The number of benzene rings is 1. The monoisotopic (exact) mass is 237 g/mol. The summed E-state index contributed by atoms with van der Waals surface area (Å²) in [4.78, 5) is 0. The number of halogens is 1. The number of hydrogen-bond donors (Lipinski definition) is 1. The number of rotatable bonds is 0. The molecule has 0 amide bonds. The average Bonchev–Trinajstić information content (AvgIpc) is 2.65. The van der Waals surface area contributed by atoms with Crippen molar-refractivity contribution in [3.63, 3.8) is 0 Å². The Balaban J connectivity index is 2.44. The molecule has 1 aliphatic rings. The maximum atomic E-state index is 5.73. The second kappa shape index (κ2) is 2.59. The van der Waals surface area contributed by atoms with E-state index in [-0.39, 0.29) is 0 Å². The van der Waals surface area contributed by atoms with Gasteiger partial charge in [-0.3, -0.25) is 0 Å². The van der Waals surface area contributed by atoms with Crippen LogP contribution in [0.15, 0.2) is 27.1 Å². The third kappa shape index (κ3) is 0.974. The van der Waals surface area contributed by atoms with Crippen molar-refractivity contribution < 1.29 is 4.42 Å². The van der Waals surface area contributed by atoms with E-state index in [1.807, 2.05) is 12.1 Å². The Morgan fingerprint density at radius 1 is 1.31 bits per heavy atom. The molecule has 0 radical (unpaired) electrons. The van der Waals surface area contributed by atoms with Crippen LogP contribution in [0.5, 0.6) is 0 Å². The summed E-state index contributed by atoms with van der Waals surface area (Å²) in [7, 11) is 0. The SMILES string of the molecule is Brc1cccc2c3c(oc12)CNC3. The smallest absolute Gasteiger partial charge is 0.148 e. The Labute approximate surface area is 84.0 Å². The van der Waals surface area contributed by atoms with Gasteiger partial charge in [0.05, 0.1) is 11.0 Å². The van der Waals surface area contributed by atoms with Crippen LogP contribution in [-0.2, 0) is 13.1 Å². The van der Waals surface area contributed by atoms with Crippen LogP contribution in [0.2, 0.25) is 0 Å². The fraction of sp³-hybridized carbons (Fsp3) is 0.200. The topological polar surface area (TPSA) is 25.2 Å². The van der Waals surface area contributed by atoms with Gasteiger partial charge in [0.1, 0.15) is 11.3 Å². The van der Waals surface area contributed by atoms with Gasteiger partial charge in [0.15, 0.2) is 0 Å². The molecular formula is C10H8BrNO. The highest BCUT2D eigenvalue weighted by molar-refractivity contribution is 9.10. The predicted octanol–water partition coefficient (Wildman–Crippen LogP) is 2.80. The fourth-order valence-electron chi connectivity index (χ4n) is 1.82. The molecule has 66 valence electrons. The molecule has 0 atom stereocenters. The summed E-state index contributed by atoms with van der Waals surface area (Å²) in [6.07, 6.45) is 0. The van der Waals surface area contributed by atoms with Crippen LogP contribution >= 0.6 is 15.9 Å². The van der Waals surface area contributed by atoms with E-state index in [1.54, 1.807) is 0 Å². The van der Waals surface area contributed by atoms with Crippen LogP contribution in [0.3, 0.4) is 0 Å². The third-order valence-corrected chi connectivity index (χ3v) is 3.07. The van der Waals surface area contributed by atoms with E-state index in [2.05, 4.69) is 27.3 Å². The molecule has 13 heavy (non-hydrogen) atoms. The molecule has 0 bridgehead atoms. The first-order valence-corrected chi connectivity index (χ1v) is 5.05. The van der Waals surface area contributed by atoms with Gasteiger partial charge < -0.3 is 9.73 Å². The van der Waals surface area contributed by atoms with Crippen LogP contribution in [0.25, 0.3) is 11.0 Å². The van der Waals surface area contributed by atoms with Gasteiger partial charge in [-0.2, -0.15) is 0 Å².